The second-order valence-electron chi connectivity index (χ2n) is 7.27. The van der Waals surface area contributed by atoms with Crippen LogP contribution in [0.1, 0.15) is 48.3 Å². The van der Waals surface area contributed by atoms with Crippen LogP contribution < -0.4 is 0 Å². The lowest BCUT2D eigenvalue weighted by molar-refractivity contribution is 0.202. The van der Waals surface area contributed by atoms with Gasteiger partial charge in [0.15, 0.2) is 0 Å². The van der Waals surface area contributed by atoms with E-state index in [9.17, 15) is 5.26 Å². The quantitative estimate of drug-likeness (QED) is 0.777. The topological polar surface area (TPSA) is 60.6 Å². The van der Waals surface area contributed by atoms with E-state index >= 15 is 0 Å². The maximum absolute atomic E-state index is 9.21. The van der Waals surface area contributed by atoms with Gasteiger partial charge < -0.3 is 9.55 Å². The van der Waals surface area contributed by atoms with E-state index in [2.05, 4.69) is 54.2 Å². The first kappa shape index (κ1) is 16.9. The normalized spacial score (nSPS) is 16.2. The van der Waals surface area contributed by atoms with Gasteiger partial charge in [-0.2, -0.15) is 5.26 Å². The van der Waals surface area contributed by atoms with E-state index in [1.807, 2.05) is 10.6 Å². The Kier molecular flexibility index (Phi) is 4.52. The molecule has 1 aromatic carbocycles. The Morgan fingerprint density at radius 2 is 2.12 bits per heavy atom. The number of nitrogens with one attached hydrogen (secondary N) is 1. The number of piperidine rings is 1. The molecule has 0 bridgehead atoms. The van der Waals surface area contributed by atoms with Crippen molar-refractivity contribution >= 4 is 11.0 Å². The highest BCUT2D eigenvalue weighted by Crippen LogP contribution is 2.29. The number of H-pyrrole nitrogens is 1. The minimum Gasteiger partial charge on any atom is -0.342 e. The maximum atomic E-state index is 9.21. The summed E-state index contributed by atoms with van der Waals surface area (Å²) in [5.74, 6) is 1.64. The average Bonchev–Trinajstić information content (AvgIpc) is 3.27. The highest BCUT2D eigenvalue weighted by Gasteiger charge is 2.23. The molecule has 1 aliphatic rings. The second-order valence-corrected chi connectivity index (χ2v) is 7.27. The Bertz CT molecular complexity index is 951. The number of benzene rings is 1. The highest BCUT2D eigenvalue weighted by molar-refractivity contribution is 5.78. The van der Waals surface area contributed by atoms with Gasteiger partial charge in [-0.25, -0.2) is 4.98 Å². The molecular formula is C21H25N5. The molecule has 0 radical (unpaired) electrons. The molecule has 0 aliphatic carbocycles. The van der Waals surface area contributed by atoms with Crippen LogP contribution in [0.4, 0.5) is 0 Å². The van der Waals surface area contributed by atoms with E-state index in [1.165, 1.54) is 11.1 Å². The number of rotatable bonds is 4. The summed E-state index contributed by atoms with van der Waals surface area (Å²) < 4.78 is 2.03. The minimum absolute atomic E-state index is 0.507. The van der Waals surface area contributed by atoms with Crippen LogP contribution >= 0.6 is 0 Å². The van der Waals surface area contributed by atoms with Crippen LogP contribution in [0.15, 0.2) is 30.5 Å². The third kappa shape index (κ3) is 3.13. The fourth-order valence-electron chi connectivity index (χ4n) is 4.02. The van der Waals surface area contributed by atoms with E-state index in [0.29, 0.717) is 5.92 Å². The lowest BCUT2D eigenvalue weighted by Crippen LogP contribution is -2.32. The zero-order chi connectivity index (χ0) is 18.1. The van der Waals surface area contributed by atoms with Crippen molar-refractivity contribution in [1.82, 2.24) is 19.4 Å². The van der Waals surface area contributed by atoms with Crippen molar-refractivity contribution in [3.63, 3.8) is 0 Å². The number of imidazole rings is 1. The molecule has 1 saturated heterocycles. The van der Waals surface area contributed by atoms with E-state index in [-0.39, 0.29) is 0 Å². The Labute approximate surface area is 154 Å². The molecule has 0 atom stereocenters. The number of nitrogens with zero attached hydrogens (tertiary/aromatic N) is 4. The van der Waals surface area contributed by atoms with Crippen molar-refractivity contribution in [3.8, 4) is 6.07 Å². The van der Waals surface area contributed by atoms with Gasteiger partial charge in [-0.1, -0.05) is 12.1 Å². The van der Waals surface area contributed by atoms with Crippen molar-refractivity contribution < 1.29 is 0 Å². The molecule has 3 heterocycles. The number of likely N-dealkylation sites (tertiary alicyclic amines) is 1. The zero-order valence-corrected chi connectivity index (χ0v) is 15.5. The van der Waals surface area contributed by atoms with E-state index in [0.717, 1.165) is 61.6 Å². The summed E-state index contributed by atoms with van der Waals surface area (Å²) in [7, 11) is 0. The number of aromatic amines is 1. The summed E-state index contributed by atoms with van der Waals surface area (Å²) >= 11 is 0. The number of hydrogen-bond donors (Lipinski definition) is 1. The fraction of sp³-hybridized carbons (Fsp3) is 0.429. The number of nitriles is 1. The lowest BCUT2D eigenvalue weighted by Gasteiger charge is -2.30. The zero-order valence-electron chi connectivity index (χ0n) is 15.5. The van der Waals surface area contributed by atoms with Gasteiger partial charge in [0.05, 0.1) is 11.0 Å². The molecule has 0 saturated carbocycles. The average molecular weight is 347 g/mol. The maximum Gasteiger partial charge on any atom is 0.120 e. The van der Waals surface area contributed by atoms with Gasteiger partial charge in [0.25, 0.3) is 0 Å². The molecule has 1 fully saturated rings. The number of hydrogen-bond acceptors (Lipinski definition) is 3. The monoisotopic (exact) mass is 347 g/mol. The third-order valence-electron chi connectivity index (χ3n) is 5.52. The third-order valence-corrected chi connectivity index (χ3v) is 5.52. The smallest absolute Gasteiger partial charge is 0.120 e. The Morgan fingerprint density at radius 1 is 1.31 bits per heavy atom. The number of aromatic nitrogens is 3. The number of para-hydroxylation sites is 1. The molecule has 5 heteroatoms. The van der Waals surface area contributed by atoms with E-state index in [1.54, 1.807) is 0 Å². The standard InChI is InChI=1S/C21H25N5/c1-3-26-14-16(11-18(26)12-22)13-25-9-7-17(8-10-25)21-23-19-6-4-5-15(2)20(19)24-21/h4-6,11,14,17H,3,7-10,13H2,1-2H3,(H,23,24). The molecule has 0 amide bonds. The predicted molar refractivity (Wildman–Crippen MR) is 103 cm³/mol. The molecule has 5 nitrogen and oxygen atoms in total. The fourth-order valence-corrected chi connectivity index (χ4v) is 4.02. The summed E-state index contributed by atoms with van der Waals surface area (Å²) in [6.45, 7) is 8.10. The Morgan fingerprint density at radius 3 is 2.77 bits per heavy atom. The summed E-state index contributed by atoms with van der Waals surface area (Å²) in [5, 5.41) is 9.21. The number of aryl methyl sites for hydroxylation is 2. The molecule has 1 aliphatic heterocycles. The first-order valence-electron chi connectivity index (χ1n) is 9.44. The number of fused-ring (bicyclic) bond motifs is 1. The van der Waals surface area contributed by atoms with Gasteiger partial charge in [-0.05, 0) is 63.0 Å². The lowest BCUT2D eigenvalue weighted by atomic mass is 9.96. The van der Waals surface area contributed by atoms with Crippen molar-refractivity contribution in [2.45, 2.75) is 45.7 Å². The van der Waals surface area contributed by atoms with Gasteiger partial charge in [0, 0.05) is 25.2 Å². The van der Waals surface area contributed by atoms with Crippen molar-refractivity contribution in [1.29, 1.82) is 5.26 Å². The van der Waals surface area contributed by atoms with Gasteiger partial charge in [0.1, 0.15) is 17.6 Å². The Hall–Kier alpha value is -2.58. The van der Waals surface area contributed by atoms with Crippen LogP contribution in [0.3, 0.4) is 0 Å². The molecule has 0 spiro atoms. The molecule has 1 N–H and O–H groups in total. The molecule has 4 rings (SSSR count). The summed E-state index contributed by atoms with van der Waals surface area (Å²) in [6, 6.07) is 10.6. The first-order chi connectivity index (χ1) is 12.7. The molecule has 26 heavy (non-hydrogen) atoms. The van der Waals surface area contributed by atoms with Crippen LogP contribution in [0.2, 0.25) is 0 Å². The van der Waals surface area contributed by atoms with Gasteiger partial charge in [-0.15, -0.1) is 0 Å². The van der Waals surface area contributed by atoms with Crippen LogP contribution in [-0.4, -0.2) is 32.5 Å². The largest absolute Gasteiger partial charge is 0.342 e. The van der Waals surface area contributed by atoms with Gasteiger partial charge in [-0.3, -0.25) is 4.90 Å². The van der Waals surface area contributed by atoms with Crippen molar-refractivity contribution in [2.24, 2.45) is 0 Å². The van der Waals surface area contributed by atoms with Gasteiger partial charge in [0.2, 0.25) is 0 Å². The van der Waals surface area contributed by atoms with Gasteiger partial charge >= 0.3 is 0 Å². The minimum atomic E-state index is 0.507. The SMILES string of the molecule is CCn1cc(CN2CCC(c3nc4c(C)cccc4[nH]3)CC2)cc1C#N. The van der Waals surface area contributed by atoms with E-state index in [4.69, 9.17) is 4.98 Å². The molecule has 3 aromatic rings. The van der Waals surface area contributed by atoms with Crippen molar-refractivity contribution in [2.75, 3.05) is 13.1 Å². The van der Waals surface area contributed by atoms with Crippen LogP contribution in [0, 0.1) is 18.3 Å². The van der Waals surface area contributed by atoms with Crippen LogP contribution in [0.5, 0.6) is 0 Å². The summed E-state index contributed by atoms with van der Waals surface area (Å²) in [4.78, 5) is 10.9. The Balaban J connectivity index is 1.41. The molecular weight excluding hydrogens is 322 g/mol. The predicted octanol–water partition coefficient (Wildman–Crippen LogP) is 3.94. The van der Waals surface area contributed by atoms with Crippen LogP contribution in [-0.2, 0) is 13.1 Å². The molecule has 2 aromatic heterocycles. The first-order valence-corrected chi connectivity index (χ1v) is 9.44. The summed E-state index contributed by atoms with van der Waals surface area (Å²) in [5.41, 5.74) is 5.48. The highest BCUT2D eigenvalue weighted by atomic mass is 15.1. The van der Waals surface area contributed by atoms with Crippen molar-refractivity contribution in [3.05, 3.63) is 53.1 Å². The second kappa shape index (κ2) is 6.97. The summed E-state index contributed by atoms with van der Waals surface area (Å²) in [6.07, 6.45) is 4.36. The molecule has 134 valence electrons. The molecule has 0 unspecified atom stereocenters. The van der Waals surface area contributed by atoms with E-state index < -0.39 is 0 Å². The van der Waals surface area contributed by atoms with Crippen LogP contribution in [0.25, 0.3) is 11.0 Å².